The summed E-state index contributed by atoms with van der Waals surface area (Å²) in [6.45, 7) is 3.57. The molecule has 8 nitrogen and oxygen atoms in total. The highest BCUT2D eigenvalue weighted by Crippen LogP contribution is 2.39. The summed E-state index contributed by atoms with van der Waals surface area (Å²) in [5, 5.41) is 19.1. The maximum atomic E-state index is 12.4. The lowest BCUT2D eigenvalue weighted by molar-refractivity contribution is -0.384. The van der Waals surface area contributed by atoms with Gasteiger partial charge in [0.05, 0.1) is 27.1 Å². The molecule has 1 N–H and O–H groups in total. The number of aryl methyl sites for hydroxylation is 2. The van der Waals surface area contributed by atoms with Crippen LogP contribution < -0.4 is 10.3 Å². The van der Waals surface area contributed by atoms with Crippen LogP contribution in [0.3, 0.4) is 0 Å². The van der Waals surface area contributed by atoms with E-state index in [-0.39, 0.29) is 34.4 Å². The monoisotopic (exact) mass is 420 g/mol. The number of hydrogen-bond acceptors (Lipinski definition) is 5. The minimum Gasteiger partial charge on any atom is -0.308 e. The fourth-order valence-electron chi connectivity index (χ4n) is 2.80. The highest BCUT2D eigenvalue weighted by molar-refractivity contribution is 6.44. The molecule has 0 aromatic heterocycles. The summed E-state index contributed by atoms with van der Waals surface area (Å²) in [7, 11) is 0. The summed E-state index contributed by atoms with van der Waals surface area (Å²) < 4.78 is 0. The van der Waals surface area contributed by atoms with Crippen molar-refractivity contribution in [1.29, 1.82) is 0 Å². The van der Waals surface area contributed by atoms with Crippen molar-refractivity contribution in [1.82, 2.24) is 5.32 Å². The van der Waals surface area contributed by atoms with E-state index in [2.05, 4.69) is 10.4 Å². The van der Waals surface area contributed by atoms with Crippen molar-refractivity contribution >= 4 is 52.2 Å². The molecule has 0 unspecified atom stereocenters. The molecule has 0 saturated carbocycles. The molecule has 10 heteroatoms. The Bertz CT molecular complexity index is 1050. The van der Waals surface area contributed by atoms with E-state index in [0.29, 0.717) is 16.3 Å². The summed E-state index contributed by atoms with van der Waals surface area (Å²) >= 11 is 12.5. The molecule has 3 rings (SSSR count). The molecule has 0 spiro atoms. The Morgan fingerprint density at radius 2 is 1.93 bits per heavy atom. The first-order chi connectivity index (χ1) is 13.2. The van der Waals surface area contributed by atoms with E-state index in [9.17, 15) is 19.7 Å². The number of carbonyl (C=O) groups is 2. The molecule has 1 aliphatic heterocycles. The van der Waals surface area contributed by atoms with Crippen LogP contribution in [0.2, 0.25) is 10.0 Å². The zero-order valence-electron chi connectivity index (χ0n) is 14.8. The predicted molar refractivity (Wildman–Crippen MR) is 106 cm³/mol. The average molecular weight is 421 g/mol. The Morgan fingerprint density at radius 1 is 1.21 bits per heavy atom. The lowest BCUT2D eigenvalue weighted by Crippen LogP contribution is -2.29. The molecule has 28 heavy (non-hydrogen) atoms. The van der Waals surface area contributed by atoms with Crippen LogP contribution >= 0.6 is 23.2 Å². The van der Waals surface area contributed by atoms with Crippen LogP contribution in [0.25, 0.3) is 0 Å². The predicted octanol–water partition coefficient (Wildman–Crippen LogP) is 4.00. The Balaban J connectivity index is 1.87. The number of nitrogens with zero attached hydrogens (tertiary/aromatic N) is 3. The number of benzene rings is 2. The lowest BCUT2D eigenvalue weighted by Gasteiger charge is -2.18. The topological polar surface area (TPSA) is 105 Å². The fraction of sp³-hybridized carbons (Fsp3) is 0.167. The van der Waals surface area contributed by atoms with Crippen LogP contribution in [0.15, 0.2) is 35.4 Å². The van der Waals surface area contributed by atoms with Gasteiger partial charge in [-0.15, -0.1) is 0 Å². The Labute approximate surface area is 169 Å². The highest BCUT2D eigenvalue weighted by atomic mass is 35.5. The zero-order valence-corrected chi connectivity index (χ0v) is 16.3. The molecule has 2 aromatic rings. The summed E-state index contributed by atoms with van der Waals surface area (Å²) in [4.78, 5) is 35.0. The molecule has 2 amide bonds. The van der Waals surface area contributed by atoms with Gasteiger partial charge in [0.15, 0.2) is 0 Å². The third-order valence-corrected chi connectivity index (χ3v) is 5.07. The maximum Gasteiger partial charge on any atom is 0.270 e. The van der Waals surface area contributed by atoms with Crippen LogP contribution in [-0.2, 0) is 4.79 Å². The Kier molecular flexibility index (Phi) is 5.35. The van der Waals surface area contributed by atoms with Gasteiger partial charge in [0.1, 0.15) is 5.84 Å². The maximum absolute atomic E-state index is 12.4. The number of amides is 2. The van der Waals surface area contributed by atoms with Gasteiger partial charge in [-0.2, -0.15) is 10.1 Å². The van der Waals surface area contributed by atoms with E-state index in [4.69, 9.17) is 23.2 Å². The largest absolute Gasteiger partial charge is 0.308 e. The molecule has 0 radical (unpaired) electrons. The van der Waals surface area contributed by atoms with Crippen molar-refractivity contribution < 1.29 is 14.5 Å². The summed E-state index contributed by atoms with van der Waals surface area (Å²) in [5.41, 5.74) is 1.69. The van der Waals surface area contributed by atoms with Gasteiger partial charge in [0, 0.05) is 17.7 Å². The number of non-ortho nitro benzene ring substituents is 1. The standard InChI is InChI=1S/C18H14Cl2N4O4/c1-9-6-10(2)17(16(20)15(9)19)23-14(25)8-13(22-23)21-18(26)11-4-3-5-12(7-11)24(27)28/h3-7H,8H2,1-2H3,(H,21,22,26). The van der Waals surface area contributed by atoms with Gasteiger partial charge in [0.2, 0.25) is 0 Å². The number of hydrogen-bond donors (Lipinski definition) is 1. The van der Waals surface area contributed by atoms with E-state index < -0.39 is 10.8 Å². The molecule has 0 saturated heterocycles. The van der Waals surface area contributed by atoms with Gasteiger partial charge in [-0.1, -0.05) is 35.3 Å². The van der Waals surface area contributed by atoms with Gasteiger partial charge in [-0.3, -0.25) is 19.7 Å². The van der Waals surface area contributed by atoms with Crippen LogP contribution in [0, 0.1) is 24.0 Å². The van der Waals surface area contributed by atoms with Crippen LogP contribution in [0.5, 0.6) is 0 Å². The third-order valence-electron chi connectivity index (χ3n) is 4.12. The number of nitro groups is 1. The van der Waals surface area contributed by atoms with Gasteiger partial charge in [-0.25, -0.2) is 0 Å². The van der Waals surface area contributed by atoms with Crippen LogP contribution in [0.1, 0.15) is 27.9 Å². The Morgan fingerprint density at radius 3 is 2.61 bits per heavy atom. The van der Waals surface area contributed by atoms with Crippen molar-refractivity contribution in [3.8, 4) is 0 Å². The van der Waals surface area contributed by atoms with Crippen molar-refractivity contribution in [2.75, 3.05) is 5.01 Å². The SMILES string of the molecule is Cc1cc(C)c(N2N=C(NC(=O)c3cccc([N+](=O)[O-])c3)CC2=O)c(Cl)c1Cl. The van der Waals surface area contributed by atoms with Gasteiger partial charge in [-0.05, 0) is 31.0 Å². The van der Waals surface area contributed by atoms with Gasteiger partial charge < -0.3 is 5.32 Å². The summed E-state index contributed by atoms with van der Waals surface area (Å²) in [6, 6.07) is 7.04. The van der Waals surface area contributed by atoms with E-state index >= 15 is 0 Å². The molecular formula is C18H14Cl2N4O4. The normalized spacial score (nSPS) is 13.5. The first kappa shape index (κ1) is 19.8. The van der Waals surface area contributed by atoms with Crippen molar-refractivity contribution in [3.63, 3.8) is 0 Å². The number of amidine groups is 1. The second-order valence-electron chi connectivity index (χ2n) is 6.18. The molecule has 0 fully saturated rings. The van der Waals surface area contributed by atoms with E-state index in [0.717, 1.165) is 16.6 Å². The zero-order chi connectivity index (χ0) is 20.6. The van der Waals surface area contributed by atoms with Gasteiger partial charge >= 0.3 is 0 Å². The first-order valence-electron chi connectivity index (χ1n) is 8.10. The quantitative estimate of drug-likeness (QED) is 0.598. The van der Waals surface area contributed by atoms with Crippen molar-refractivity contribution in [3.05, 3.63) is 67.2 Å². The fourth-order valence-corrected chi connectivity index (χ4v) is 3.33. The third kappa shape index (κ3) is 3.69. The lowest BCUT2D eigenvalue weighted by atomic mass is 10.1. The van der Waals surface area contributed by atoms with E-state index in [1.54, 1.807) is 19.9 Å². The number of rotatable bonds is 3. The Hall–Kier alpha value is -2.97. The molecule has 1 aliphatic rings. The number of nitrogens with one attached hydrogen (secondary N) is 1. The highest BCUT2D eigenvalue weighted by Gasteiger charge is 2.30. The average Bonchev–Trinajstić information content (AvgIpc) is 2.99. The molecule has 144 valence electrons. The van der Waals surface area contributed by atoms with Crippen LogP contribution in [-0.4, -0.2) is 22.6 Å². The van der Waals surface area contributed by atoms with E-state index in [1.807, 2.05) is 0 Å². The molecule has 0 atom stereocenters. The second kappa shape index (κ2) is 7.57. The molecule has 1 heterocycles. The minimum absolute atomic E-state index is 0.0791. The summed E-state index contributed by atoms with van der Waals surface area (Å²) in [6.07, 6.45) is -0.151. The first-order valence-corrected chi connectivity index (χ1v) is 8.86. The molecular weight excluding hydrogens is 407 g/mol. The van der Waals surface area contributed by atoms with E-state index in [1.165, 1.54) is 18.2 Å². The number of anilines is 1. The van der Waals surface area contributed by atoms with Crippen molar-refractivity contribution in [2.24, 2.45) is 5.10 Å². The minimum atomic E-state index is -0.609. The number of nitro benzene ring substituents is 1. The second-order valence-corrected chi connectivity index (χ2v) is 6.93. The molecule has 0 bridgehead atoms. The smallest absolute Gasteiger partial charge is 0.270 e. The number of hydrazone groups is 1. The van der Waals surface area contributed by atoms with Crippen molar-refractivity contribution in [2.45, 2.75) is 20.3 Å². The molecule has 2 aromatic carbocycles. The number of halogens is 2. The van der Waals surface area contributed by atoms with Crippen LogP contribution in [0.4, 0.5) is 11.4 Å². The van der Waals surface area contributed by atoms with Gasteiger partial charge in [0.25, 0.3) is 17.5 Å². The molecule has 0 aliphatic carbocycles. The number of carbonyl (C=O) groups excluding carboxylic acids is 2. The summed E-state index contributed by atoms with van der Waals surface area (Å²) in [5.74, 6) is -0.894.